The molecule has 0 aromatic carbocycles. The smallest absolute Gasteiger partial charge is 0.220 e. The maximum atomic E-state index is 13.2. The molecule has 1 aliphatic heterocycles. The van der Waals surface area contributed by atoms with Crippen molar-refractivity contribution in [3.63, 3.8) is 0 Å². The van der Waals surface area contributed by atoms with Gasteiger partial charge in [-0.2, -0.15) is 0 Å². The Morgan fingerprint density at radius 3 is 0.989 bits per heavy atom. The third kappa shape index (κ3) is 60.8. The molecule has 9 nitrogen and oxygen atoms in total. The van der Waals surface area contributed by atoms with Crippen molar-refractivity contribution in [2.45, 2.75) is 455 Å². The molecule has 0 saturated carbocycles. The van der Waals surface area contributed by atoms with Crippen LogP contribution in [-0.4, -0.2) is 87.5 Å². The monoisotopic (exact) mass is 1310 g/mol. The van der Waals surface area contributed by atoms with Crippen LogP contribution < -0.4 is 5.32 Å². The molecule has 0 radical (unpaired) electrons. The van der Waals surface area contributed by atoms with E-state index in [-0.39, 0.29) is 12.5 Å². The van der Waals surface area contributed by atoms with E-state index < -0.39 is 49.5 Å². The van der Waals surface area contributed by atoms with Crippen molar-refractivity contribution in [1.29, 1.82) is 0 Å². The van der Waals surface area contributed by atoms with Crippen LogP contribution >= 0.6 is 0 Å². The molecule has 0 aromatic heterocycles. The summed E-state index contributed by atoms with van der Waals surface area (Å²) >= 11 is 0. The van der Waals surface area contributed by atoms with Gasteiger partial charge in [-0.1, -0.05) is 408 Å². The predicted octanol–water partition coefficient (Wildman–Crippen LogP) is 23.7. The van der Waals surface area contributed by atoms with Crippen LogP contribution in [0.1, 0.15) is 412 Å². The maximum absolute atomic E-state index is 13.2. The fraction of sp³-hybridized carbons (Fsp3) is 0.869. The van der Waals surface area contributed by atoms with E-state index in [9.17, 15) is 30.3 Å². The molecule has 0 aliphatic carbocycles. The van der Waals surface area contributed by atoms with Gasteiger partial charge in [0.15, 0.2) is 6.29 Å². The number of aliphatic hydroxyl groups excluding tert-OH is 5. The third-order valence-corrected chi connectivity index (χ3v) is 19.6. The van der Waals surface area contributed by atoms with Crippen molar-refractivity contribution in [1.82, 2.24) is 5.32 Å². The summed E-state index contributed by atoms with van der Waals surface area (Å²) in [6, 6.07) is -0.720. The molecule has 0 spiro atoms. The molecular weight excluding hydrogens is 1150 g/mol. The van der Waals surface area contributed by atoms with Gasteiger partial charge in [-0.25, -0.2) is 0 Å². The Morgan fingerprint density at radius 1 is 0.376 bits per heavy atom. The van der Waals surface area contributed by atoms with Crippen molar-refractivity contribution in [2.24, 2.45) is 0 Å². The summed E-state index contributed by atoms with van der Waals surface area (Å²) in [6.45, 7) is 3.79. The lowest BCUT2D eigenvalue weighted by molar-refractivity contribution is -0.302. The average Bonchev–Trinajstić information content (AvgIpc) is 1.00. The van der Waals surface area contributed by atoms with Gasteiger partial charge in [-0.3, -0.25) is 4.79 Å². The first-order valence-corrected chi connectivity index (χ1v) is 41.0. The maximum Gasteiger partial charge on any atom is 0.220 e. The second-order valence-corrected chi connectivity index (χ2v) is 28.5. The summed E-state index contributed by atoms with van der Waals surface area (Å²) in [5.41, 5.74) is 0. The fourth-order valence-corrected chi connectivity index (χ4v) is 13.3. The summed E-state index contributed by atoms with van der Waals surface area (Å²) in [5.74, 6) is -0.135. The van der Waals surface area contributed by atoms with Gasteiger partial charge in [0.1, 0.15) is 24.4 Å². The van der Waals surface area contributed by atoms with Crippen LogP contribution in [0.15, 0.2) is 60.8 Å². The molecule has 1 saturated heterocycles. The minimum absolute atomic E-state index is 0.134. The number of hydrogen-bond donors (Lipinski definition) is 6. The number of aliphatic hydroxyl groups is 5. The van der Waals surface area contributed by atoms with Gasteiger partial charge in [0, 0.05) is 6.42 Å². The van der Waals surface area contributed by atoms with Crippen molar-refractivity contribution in [3.05, 3.63) is 60.8 Å². The van der Waals surface area contributed by atoms with Crippen LogP contribution in [0.2, 0.25) is 0 Å². The van der Waals surface area contributed by atoms with E-state index in [1.807, 2.05) is 0 Å². The molecule has 1 amide bonds. The second-order valence-electron chi connectivity index (χ2n) is 28.5. The van der Waals surface area contributed by atoms with Crippen LogP contribution in [-0.2, 0) is 14.3 Å². The molecule has 1 heterocycles. The van der Waals surface area contributed by atoms with E-state index in [2.05, 4.69) is 79.9 Å². The predicted molar refractivity (Wildman–Crippen MR) is 401 cm³/mol. The van der Waals surface area contributed by atoms with E-state index >= 15 is 0 Å². The van der Waals surface area contributed by atoms with Crippen molar-refractivity contribution in [2.75, 3.05) is 13.2 Å². The Hall–Kier alpha value is -2.11. The van der Waals surface area contributed by atoms with E-state index in [1.54, 1.807) is 0 Å². The van der Waals surface area contributed by atoms with E-state index in [1.165, 1.54) is 315 Å². The molecule has 0 aromatic rings. The summed E-state index contributed by atoms with van der Waals surface area (Å²) in [4.78, 5) is 13.2. The molecule has 0 bridgehead atoms. The fourth-order valence-electron chi connectivity index (χ4n) is 13.3. The number of carbonyl (C=O) groups is 1. The lowest BCUT2D eigenvalue weighted by Gasteiger charge is -2.40. The van der Waals surface area contributed by atoms with Gasteiger partial charge in [-0.15, -0.1) is 0 Å². The Labute approximate surface area is 576 Å². The molecule has 7 atom stereocenters. The van der Waals surface area contributed by atoms with Crippen LogP contribution in [0, 0.1) is 0 Å². The van der Waals surface area contributed by atoms with E-state index in [0.717, 1.165) is 70.6 Å². The first-order chi connectivity index (χ1) is 45.8. The molecule has 1 rings (SSSR count). The lowest BCUT2D eigenvalue weighted by atomic mass is 9.99. The first-order valence-electron chi connectivity index (χ1n) is 41.0. The second kappa shape index (κ2) is 72.6. The number of ether oxygens (including phenoxy) is 2. The van der Waals surface area contributed by atoms with Crippen molar-refractivity contribution < 1.29 is 39.8 Å². The van der Waals surface area contributed by atoms with Crippen molar-refractivity contribution >= 4 is 5.91 Å². The number of carbonyl (C=O) groups excluding carboxylic acids is 1. The minimum atomic E-state index is -1.55. The number of amides is 1. The Balaban J connectivity index is 2.02. The lowest BCUT2D eigenvalue weighted by Crippen LogP contribution is -2.60. The molecule has 1 aliphatic rings. The zero-order valence-corrected chi connectivity index (χ0v) is 61.5. The van der Waals surface area contributed by atoms with Gasteiger partial charge in [0.05, 0.1) is 25.4 Å². The molecule has 93 heavy (non-hydrogen) atoms. The molecule has 6 N–H and O–H groups in total. The zero-order chi connectivity index (χ0) is 67.1. The highest BCUT2D eigenvalue weighted by atomic mass is 16.7. The third-order valence-electron chi connectivity index (χ3n) is 19.6. The van der Waals surface area contributed by atoms with Gasteiger partial charge >= 0.3 is 0 Å². The SMILES string of the molecule is CC/C=C\C/C=C\C/C=C\C/C=C\C/C=C\CCCCCCCCCCCCCCCCCCCCCCCCCCCC(=O)NC(COC1OC(CO)C(O)C(O)C1O)C(O)CCCCCCCCCCCCCCCCCCCCCCCCCCCCCCC. The van der Waals surface area contributed by atoms with Crippen LogP contribution in [0.5, 0.6) is 0 Å². The number of nitrogens with one attached hydrogen (secondary N) is 1. The largest absolute Gasteiger partial charge is 0.394 e. The van der Waals surface area contributed by atoms with Crippen LogP contribution in [0.4, 0.5) is 0 Å². The van der Waals surface area contributed by atoms with Gasteiger partial charge in [0.25, 0.3) is 0 Å². The standard InChI is InChI=1S/C84H157NO8/c1-3-5-7-9-11-13-15-17-19-21-23-25-27-29-31-33-34-35-36-37-38-39-40-41-42-43-44-46-48-50-52-54-56-58-60-62-64-66-68-70-72-74-80(88)85-77(76-92-84-83(91)82(90)81(89)79(75-86)93-84)78(87)73-71-69-67-65-63-61-59-57-55-53-51-49-47-45-32-30-28-26-24-22-20-18-16-14-12-10-8-6-4-2/h5,7,11,13,17,19,23,25,29,31,77-79,81-84,86-87,89-91H,3-4,6,8-10,12,14-16,18,20-22,24,26-28,30,32-76H2,1-2H3,(H,85,88)/b7-5-,13-11-,19-17-,25-23-,31-29-. The number of allylic oxidation sites excluding steroid dienone is 10. The molecule has 7 unspecified atom stereocenters. The number of unbranched alkanes of at least 4 members (excludes halogenated alkanes) is 53. The summed E-state index contributed by atoms with van der Waals surface area (Å²) in [7, 11) is 0. The van der Waals surface area contributed by atoms with Gasteiger partial charge in [-0.05, 0) is 57.8 Å². The molecule has 9 heteroatoms. The molecule has 1 fully saturated rings. The minimum Gasteiger partial charge on any atom is -0.394 e. The molecular formula is C84H157NO8. The summed E-state index contributed by atoms with van der Waals surface area (Å²) in [5, 5.41) is 55.1. The highest BCUT2D eigenvalue weighted by Gasteiger charge is 2.44. The Bertz CT molecular complexity index is 1660. The number of rotatable bonds is 73. The normalized spacial score (nSPS) is 17.9. The van der Waals surface area contributed by atoms with Crippen molar-refractivity contribution in [3.8, 4) is 0 Å². The van der Waals surface area contributed by atoms with Gasteiger partial charge in [0.2, 0.25) is 5.91 Å². The number of hydrogen-bond acceptors (Lipinski definition) is 8. The highest BCUT2D eigenvalue weighted by Crippen LogP contribution is 2.24. The summed E-state index contributed by atoms with van der Waals surface area (Å²) < 4.78 is 11.4. The van der Waals surface area contributed by atoms with E-state index in [0.29, 0.717) is 12.8 Å². The quantitative estimate of drug-likeness (QED) is 0.0261. The zero-order valence-electron chi connectivity index (χ0n) is 61.5. The summed E-state index contributed by atoms with van der Waals surface area (Å²) in [6.07, 6.45) is 94.8. The Morgan fingerprint density at radius 2 is 0.667 bits per heavy atom. The van der Waals surface area contributed by atoms with Crippen LogP contribution in [0.3, 0.4) is 0 Å². The highest BCUT2D eigenvalue weighted by molar-refractivity contribution is 5.76. The van der Waals surface area contributed by atoms with Crippen LogP contribution in [0.25, 0.3) is 0 Å². The average molecular weight is 1310 g/mol. The van der Waals surface area contributed by atoms with Gasteiger partial charge < -0.3 is 40.3 Å². The van der Waals surface area contributed by atoms with E-state index in [4.69, 9.17) is 9.47 Å². The Kier molecular flexibility index (Phi) is 69.4. The first kappa shape index (κ1) is 88.9. The molecule has 546 valence electrons. The topological polar surface area (TPSA) is 149 Å².